The second-order valence-corrected chi connectivity index (χ2v) is 7.83. The number of nitrogens with two attached hydrogens (primary N) is 1. The monoisotopic (exact) mass is 285 g/mol. The molecule has 1 aliphatic carbocycles. The summed E-state index contributed by atoms with van der Waals surface area (Å²) in [5.74, 6) is 0. The first-order chi connectivity index (χ1) is 8.37. The number of hydrogen-bond acceptors (Lipinski definition) is 4. The molecule has 0 radical (unpaired) electrons. The van der Waals surface area contributed by atoms with E-state index in [2.05, 4.69) is 0 Å². The first-order valence-corrected chi connectivity index (χ1v) is 9.16. The average Bonchev–Trinajstić information content (AvgIpc) is 2.75. The Hall–Kier alpha value is -0.520. The molecule has 1 aromatic rings. The highest BCUT2D eigenvalue weighted by Crippen LogP contribution is 2.38. The molecule has 0 bridgehead atoms. The van der Waals surface area contributed by atoms with Crippen LogP contribution in [-0.4, -0.2) is 20.9 Å². The maximum Gasteiger partial charge on any atom is 0.176 e. The number of sulfone groups is 1. The Balaban J connectivity index is 2.48. The predicted molar refractivity (Wildman–Crippen MR) is 75.7 cm³/mol. The summed E-state index contributed by atoms with van der Waals surface area (Å²) in [5.41, 5.74) is 7.21. The summed E-state index contributed by atoms with van der Waals surface area (Å²) in [5, 5.41) is 0. The molecule has 0 heterocycles. The third kappa shape index (κ3) is 2.58. The molecule has 1 saturated carbocycles. The van der Waals surface area contributed by atoms with Crippen LogP contribution in [0.2, 0.25) is 0 Å². The molecule has 2 N–H and O–H groups in total. The molecule has 1 aromatic carbocycles. The predicted octanol–water partition coefficient (Wildman–Crippen LogP) is 2.54. The normalized spacial score (nSPS) is 19.1. The minimum absolute atomic E-state index is 0.263. The SMILES string of the molecule is CSc1cc(C2(N)CCCC2)ccc1S(C)(=O)=O. The minimum atomic E-state index is -3.17. The highest BCUT2D eigenvalue weighted by atomic mass is 32.2. The molecule has 3 nitrogen and oxygen atoms in total. The van der Waals surface area contributed by atoms with Gasteiger partial charge in [-0.1, -0.05) is 18.9 Å². The highest BCUT2D eigenvalue weighted by Gasteiger charge is 2.32. The maximum atomic E-state index is 11.7. The molecule has 5 heteroatoms. The van der Waals surface area contributed by atoms with Crippen molar-refractivity contribution in [1.29, 1.82) is 0 Å². The average molecular weight is 285 g/mol. The van der Waals surface area contributed by atoms with Crippen molar-refractivity contribution in [2.24, 2.45) is 5.73 Å². The van der Waals surface area contributed by atoms with Crippen molar-refractivity contribution in [2.45, 2.75) is 41.0 Å². The molecule has 0 aliphatic heterocycles. The Morgan fingerprint density at radius 1 is 1.28 bits per heavy atom. The van der Waals surface area contributed by atoms with Crippen molar-refractivity contribution in [3.05, 3.63) is 23.8 Å². The van der Waals surface area contributed by atoms with Gasteiger partial charge in [-0.2, -0.15) is 0 Å². The molecule has 1 aliphatic rings. The van der Waals surface area contributed by atoms with Gasteiger partial charge in [0.25, 0.3) is 0 Å². The lowest BCUT2D eigenvalue weighted by Crippen LogP contribution is -2.33. The van der Waals surface area contributed by atoms with Crippen LogP contribution in [0.15, 0.2) is 28.0 Å². The van der Waals surface area contributed by atoms with Gasteiger partial charge in [-0.15, -0.1) is 11.8 Å². The molecule has 0 unspecified atom stereocenters. The lowest BCUT2D eigenvalue weighted by Gasteiger charge is -2.25. The zero-order chi connectivity index (χ0) is 13.4. The smallest absolute Gasteiger partial charge is 0.176 e. The van der Waals surface area contributed by atoms with Crippen LogP contribution < -0.4 is 5.73 Å². The van der Waals surface area contributed by atoms with E-state index in [1.165, 1.54) is 18.0 Å². The Morgan fingerprint density at radius 2 is 1.89 bits per heavy atom. The molecule has 0 atom stereocenters. The van der Waals surface area contributed by atoms with Gasteiger partial charge >= 0.3 is 0 Å². The van der Waals surface area contributed by atoms with Crippen LogP contribution in [-0.2, 0) is 15.4 Å². The standard InChI is InChI=1S/C13H19NO2S2/c1-17-11-9-10(13(14)7-3-4-8-13)5-6-12(11)18(2,15)16/h5-6,9H,3-4,7-8,14H2,1-2H3. The second-order valence-electron chi connectivity index (χ2n) is 5.00. The second kappa shape index (κ2) is 4.87. The van der Waals surface area contributed by atoms with Crippen molar-refractivity contribution in [3.8, 4) is 0 Å². The molecule has 0 saturated heterocycles. The lowest BCUT2D eigenvalue weighted by atomic mass is 9.89. The van der Waals surface area contributed by atoms with Gasteiger partial charge in [-0.25, -0.2) is 8.42 Å². The summed E-state index contributed by atoms with van der Waals surface area (Å²) in [6.45, 7) is 0. The molecule has 0 aromatic heterocycles. The Kier molecular flexibility index (Phi) is 3.76. The largest absolute Gasteiger partial charge is 0.321 e. The Morgan fingerprint density at radius 3 is 2.39 bits per heavy atom. The summed E-state index contributed by atoms with van der Waals surface area (Å²) < 4.78 is 23.4. The van der Waals surface area contributed by atoms with Crippen LogP contribution in [0.5, 0.6) is 0 Å². The van der Waals surface area contributed by atoms with Crippen molar-refractivity contribution >= 4 is 21.6 Å². The molecule has 0 amide bonds. The fraction of sp³-hybridized carbons (Fsp3) is 0.538. The third-order valence-electron chi connectivity index (χ3n) is 3.63. The fourth-order valence-corrected chi connectivity index (χ4v) is 4.54. The maximum absolute atomic E-state index is 11.7. The topological polar surface area (TPSA) is 60.2 Å². The van der Waals surface area contributed by atoms with Crippen LogP contribution in [0, 0.1) is 0 Å². The summed E-state index contributed by atoms with van der Waals surface area (Å²) in [6.07, 6.45) is 7.41. The van der Waals surface area contributed by atoms with Gasteiger partial charge in [0.1, 0.15) is 0 Å². The molecular formula is C13H19NO2S2. The third-order valence-corrected chi connectivity index (χ3v) is 5.70. The van der Waals surface area contributed by atoms with E-state index in [0.29, 0.717) is 4.90 Å². The van der Waals surface area contributed by atoms with Crippen LogP contribution in [0.1, 0.15) is 31.2 Å². The molecule has 2 rings (SSSR count). The highest BCUT2D eigenvalue weighted by molar-refractivity contribution is 7.99. The van der Waals surface area contributed by atoms with E-state index in [0.717, 1.165) is 36.1 Å². The van der Waals surface area contributed by atoms with Gasteiger partial charge in [0.2, 0.25) is 0 Å². The first kappa shape index (κ1) is 13.9. The van der Waals surface area contributed by atoms with Gasteiger partial charge in [0, 0.05) is 16.7 Å². The van der Waals surface area contributed by atoms with Crippen molar-refractivity contribution in [2.75, 3.05) is 12.5 Å². The molecule has 100 valence electrons. The van der Waals surface area contributed by atoms with Crippen LogP contribution in [0.3, 0.4) is 0 Å². The van der Waals surface area contributed by atoms with Crippen LogP contribution in [0.25, 0.3) is 0 Å². The van der Waals surface area contributed by atoms with Crippen molar-refractivity contribution < 1.29 is 8.42 Å². The first-order valence-electron chi connectivity index (χ1n) is 6.04. The van der Waals surface area contributed by atoms with E-state index >= 15 is 0 Å². The summed E-state index contributed by atoms with van der Waals surface area (Å²) in [7, 11) is -3.17. The number of rotatable bonds is 3. The van der Waals surface area contributed by atoms with E-state index in [1.807, 2.05) is 18.4 Å². The molecule has 1 fully saturated rings. The zero-order valence-electron chi connectivity index (χ0n) is 10.8. The van der Waals surface area contributed by atoms with Crippen LogP contribution in [0.4, 0.5) is 0 Å². The van der Waals surface area contributed by atoms with Gasteiger partial charge in [0.05, 0.1) is 4.90 Å². The molecule has 0 spiro atoms. The summed E-state index contributed by atoms with van der Waals surface area (Å²) in [6, 6.07) is 5.53. The van der Waals surface area contributed by atoms with Gasteiger partial charge in [-0.3, -0.25) is 0 Å². The van der Waals surface area contributed by atoms with Crippen LogP contribution >= 0.6 is 11.8 Å². The molecular weight excluding hydrogens is 266 g/mol. The number of thioether (sulfide) groups is 1. The van der Waals surface area contributed by atoms with E-state index in [-0.39, 0.29) is 5.54 Å². The van der Waals surface area contributed by atoms with Crippen molar-refractivity contribution in [3.63, 3.8) is 0 Å². The van der Waals surface area contributed by atoms with Crippen molar-refractivity contribution in [1.82, 2.24) is 0 Å². The van der Waals surface area contributed by atoms with E-state index < -0.39 is 9.84 Å². The van der Waals surface area contributed by atoms with E-state index in [4.69, 9.17) is 5.73 Å². The number of benzene rings is 1. The minimum Gasteiger partial charge on any atom is -0.321 e. The van der Waals surface area contributed by atoms with E-state index in [9.17, 15) is 8.42 Å². The summed E-state index contributed by atoms with van der Waals surface area (Å²) >= 11 is 1.46. The number of hydrogen-bond donors (Lipinski definition) is 1. The summed E-state index contributed by atoms with van der Waals surface area (Å²) in [4.78, 5) is 1.20. The van der Waals surface area contributed by atoms with Gasteiger partial charge < -0.3 is 5.73 Å². The fourth-order valence-electron chi connectivity index (χ4n) is 2.58. The molecule has 18 heavy (non-hydrogen) atoms. The Labute approximate surface area is 113 Å². The quantitative estimate of drug-likeness (QED) is 0.867. The van der Waals surface area contributed by atoms with E-state index in [1.54, 1.807) is 6.07 Å². The van der Waals surface area contributed by atoms with Gasteiger partial charge in [0.15, 0.2) is 9.84 Å². The Bertz CT molecular complexity index is 546. The zero-order valence-corrected chi connectivity index (χ0v) is 12.4. The lowest BCUT2D eigenvalue weighted by molar-refractivity contribution is 0.460. The van der Waals surface area contributed by atoms with Gasteiger partial charge in [-0.05, 0) is 36.8 Å².